The fourth-order valence-electron chi connectivity index (χ4n) is 2.67. The van der Waals surface area contributed by atoms with Crippen molar-refractivity contribution in [3.05, 3.63) is 101 Å². The third-order valence-electron chi connectivity index (χ3n) is 4.11. The van der Waals surface area contributed by atoms with Gasteiger partial charge in [-0.2, -0.15) is 0 Å². The van der Waals surface area contributed by atoms with Gasteiger partial charge < -0.3 is 16.0 Å². The second-order valence-electron chi connectivity index (χ2n) is 6.28. The van der Waals surface area contributed by atoms with Gasteiger partial charge in [0.2, 0.25) is 0 Å². The molecule has 0 aliphatic carbocycles. The van der Waals surface area contributed by atoms with Crippen molar-refractivity contribution in [3.63, 3.8) is 0 Å². The molecule has 3 aromatic carbocycles. The maximum atomic E-state index is 12.2. The molecule has 0 aliphatic rings. The van der Waals surface area contributed by atoms with Crippen LogP contribution in [0.5, 0.6) is 0 Å². The number of nitrogens with one attached hydrogen (secondary N) is 3. The van der Waals surface area contributed by atoms with Crippen LogP contribution in [0.3, 0.4) is 0 Å². The molecule has 0 fully saturated rings. The summed E-state index contributed by atoms with van der Waals surface area (Å²) in [5.74, 6) is 6.03. The van der Waals surface area contributed by atoms with Gasteiger partial charge in [-0.15, -0.1) is 0 Å². The lowest BCUT2D eigenvalue weighted by Gasteiger charge is -2.09. The zero-order valence-corrected chi connectivity index (χ0v) is 16.0. The van der Waals surface area contributed by atoms with Gasteiger partial charge in [-0.1, -0.05) is 48.2 Å². The first-order valence-electron chi connectivity index (χ1n) is 9.17. The molecule has 0 saturated carbocycles. The fourth-order valence-corrected chi connectivity index (χ4v) is 2.67. The summed E-state index contributed by atoms with van der Waals surface area (Å²) in [7, 11) is 1.58. The van der Waals surface area contributed by atoms with Crippen LogP contribution in [0.25, 0.3) is 0 Å². The lowest BCUT2D eigenvalue weighted by molar-refractivity contribution is 0.0963. The van der Waals surface area contributed by atoms with Gasteiger partial charge in [0.1, 0.15) is 0 Å². The van der Waals surface area contributed by atoms with Crippen LogP contribution in [0.4, 0.5) is 10.5 Å². The Morgan fingerprint density at radius 2 is 1.55 bits per heavy atom. The molecule has 0 aromatic heterocycles. The Bertz CT molecular complexity index is 1070. The van der Waals surface area contributed by atoms with E-state index in [4.69, 9.17) is 0 Å². The van der Waals surface area contributed by atoms with Crippen LogP contribution in [0, 0.1) is 11.8 Å². The summed E-state index contributed by atoms with van der Waals surface area (Å²) < 4.78 is 0. The van der Waals surface area contributed by atoms with Gasteiger partial charge in [-0.3, -0.25) is 4.79 Å². The Balaban J connectivity index is 1.59. The first-order chi connectivity index (χ1) is 14.1. The molecule has 0 atom stereocenters. The highest BCUT2D eigenvalue weighted by Gasteiger charge is 2.06. The van der Waals surface area contributed by atoms with Gasteiger partial charge in [-0.25, -0.2) is 4.79 Å². The van der Waals surface area contributed by atoms with E-state index < -0.39 is 0 Å². The van der Waals surface area contributed by atoms with Crippen LogP contribution in [0.2, 0.25) is 0 Å². The third kappa shape index (κ3) is 5.98. The monoisotopic (exact) mass is 383 g/mol. The van der Waals surface area contributed by atoms with Crippen molar-refractivity contribution in [2.75, 3.05) is 12.4 Å². The largest absolute Gasteiger partial charge is 0.355 e. The molecule has 5 nitrogen and oxygen atoms in total. The van der Waals surface area contributed by atoms with Crippen LogP contribution in [-0.4, -0.2) is 19.0 Å². The van der Waals surface area contributed by atoms with Gasteiger partial charge in [0.25, 0.3) is 5.91 Å². The smallest absolute Gasteiger partial charge is 0.319 e. The molecule has 29 heavy (non-hydrogen) atoms. The molecule has 0 saturated heterocycles. The van der Waals surface area contributed by atoms with E-state index in [0.29, 0.717) is 17.8 Å². The van der Waals surface area contributed by atoms with Crippen molar-refractivity contribution in [2.24, 2.45) is 0 Å². The average molecular weight is 383 g/mol. The Morgan fingerprint density at radius 1 is 0.828 bits per heavy atom. The second-order valence-corrected chi connectivity index (χ2v) is 6.28. The molecule has 3 amide bonds. The quantitative estimate of drug-likeness (QED) is 0.600. The zero-order valence-electron chi connectivity index (χ0n) is 16.0. The van der Waals surface area contributed by atoms with Crippen LogP contribution >= 0.6 is 0 Å². The van der Waals surface area contributed by atoms with E-state index in [1.165, 1.54) is 0 Å². The van der Waals surface area contributed by atoms with E-state index in [-0.39, 0.29) is 11.9 Å². The Morgan fingerprint density at radius 3 is 2.34 bits per heavy atom. The van der Waals surface area contributed by atoms with Gasteiger partial charge in [-0.05, 0) is 48.0 Å². The van der Waals surface area contributed by atoms with Gasteiger partial charge in [0, 0.05) is 36.0 Å². The molecule has 0 unspecified atom stereocenters. The Hall–Kier alpha value is -4.04. The highest BCUT2D eigenvalue weighted by atomic mass is 16.2. The van der Waals surface area contributed by atoms with Crippen LogP contribution in [0.15, 0.2) is 78.9 Å². The maximum Gasteiger partial charge on any atom is 0.319 e. The lowest BCUT2D eigenvalue weighted by Crippen LogP contribution is -2.28. The van der Waals surface area contributed by atoms with E-state index in [9.17, 15) is 9.59 Å². The van der Waals surface area contributed by atoms with Crippen molar-refractivity contribution in [1.29, 1.82) is 0 Å². The summed E-state index contributed by atoms with van der Waals surface area (Å²) in [4.78, 5) is 23.9. The fraction of sp³-hybridized carbons (Fsp3) is 0.0833. The number of hydrogen-bond donors (Lipinski definition) is 3. The van der Waals surface area contributed by atoms with E-state index in [2.05, 4.69) is 27.8 Å². The minimum Gasteiger partial charge on any atom is -0.355 e. The predicted molar refractivity (Wildman–Crippen MR) is 115 cm³/mol. The molecule has 144 valence electrons. The summed E-state index contributed by atoms with van der Waals surface area (Å²) in [6.07, 6.45) is 0. The van der Waals surface area contributed by atoms with Crippen LogP contribution < -0.4 is 16.0 Å². The van der Waals surface area contributed by atoms with Crippen molar-refractivity contribution < 1.29 is 9.59 Å². The van der Waals surface area contributed by atoms with Crippen LogP contribution in [0.1, 0.15) is 27.0 Å². The number of carbonyl (C=O) groups excluding carboxylic acids is 2. The topological polar surface area (TPSA) is 70.2 Å². The minimum atomic E-state index is -0.330. The van der Waals surface area contributed by atoms with Crippen molar-refractivity contribution in [2.45, 2.75) is 6.54 Å². The molecule has 0 heterocycles. The summed E-state index contributed by atoms with van der Waals surface area (Å²) in [6, 6.07) is 23.9. The summed E-state index contributed by atoms with van der Waals surface area (Å²) in [6.45, 7) is 0.310. The number of amides is 3. The summed E-state index contributed by atoms with van der Waals surface area (Å²) >= 11 is 0. The Labute approximate surface area is 170 Å². The highest BCUT2D eigenvalue weighted by molar-refractivity contribution is 5.94. The number of carbonyl (C=O) groups is 2. The molecule has 0 spiro atoms. The van der Waals surface area contributed by atoms with Crippen LogP contribution in [-0.2, 0) is 6.54 Å². The summed E-state index contributed by atoms with van der Waals surface area (Å²) in [5.41, 5.74) is 3.79. The van der Waals surface area contributed by atoms with Crippen molar-refractivity contribution in [1.82, 2.24) is 10.6 Å². The molecule has 3 aromatic rings. The van der Waals surface area contributed by atoms with Gasteiger partial charge in [0.05, 0.1) is 0 Å². The van der Waals surface area contributed by atoms with Crippen molar-refractivity contribution in [3.8, 4) is 11.8 Å². The number of hydrogen-bond acceptors (Lipinski definition) is 2. The molecule has 0 bridgehead atoms. The van der Waals surface area contributed by atoms with E-state index in [1.54, 1.807) is 31.3 Å². The molecule has 3 N–H and O–H groups in total. The van der Waals surface area contributed by atoms with Gasteiger partial charge in [0.15, 0.2) is 0 Å². The number of anilines is 1. The molecular weight excluding hydrogens is 362 g/mol. The SMILES string of the molecule is CNC(=O)c1cccc(CNC(=O)Nc2cccc(C#Cc3ccccc3)c2)c1. The lowest BCUT2D eigenvalue weighted by atomic mass is 10.1. The average Bonchev–Trinajstić information content (AvgIpc) is 2.77. The standard InChI is InChI=1S/C24H21N3O2/c1-25-23(28)21-11-5-10-20(15-21)17-26-24(29)27-22-12-6-9-19(16-22)14-13-18-7-3-2-4-8-18/h2-12,15-16H,17H2,1H3,(H,25,28)(H2,26,27,29). The first kappa shape index (κ1) is 19.7. The van der Waals surface area contributed by atoms with E-state index >= 15 is 0 Å². The molecule has 0 radical (unpaired) electrons. The minimum absolute atomic E-state index is 0.162. The normalized spacial score (nSPS) is 9.69. The Kier molecular flexibility index (Phi) is 6.64. The second kappa shape index (κ2) is 9.77. The maximum absolute atomic E-state index is 12.2. The molecule has 0 aliphatic heterocycles. The molecule has 5 heteroatoms. The zero-order chi connectivity index (χ0) is 20.5. The predicted octanol–water partition coefficient (Wildman–Crippen LogP) is 3.77. The van der Waals surface area contributed by atoms with E-state index in [1.807, 2.05) is 54.6 Å². The number of benzene rings is 3. The van der Waals surface area contributed by atoms with E-state index in [0.717, 1.165) is 16.7 Å². The molecular formula is C24H21N3O2. The number of urea groups is 1. The van der Waals surface area contributed by atoms with Gasteiger partial charge >= 0.3 is 6.03 Å². The first-order valence-corrected chi connectivity index (χ1v) is 9.17. The summed E-state index contributed by atoms with van der Waals surface area (Å²) in [5, 5.41) is 8.18. The highest BCUT2D eigenvalue weighted by Crippen LogP contribution is 2.10. The number of rotatable bonds is 4. The molecule has 3 rings (SSSR count). The van der Waals surface area contributed by atoms with Crippen molar-refractivity contribution >= 4 is 17.6 Å². The third-order valence-corrected chi connectivity index (χ3v) is 4.11.